The molecule has 5 rings (SSSR count). The highest BCUT2D eigenvalue weighted by molar-refractivity contribution is 5.81. The van der Waals surface area contributed by atoms with Crippen LogP contribution in [0, 0.1) is 17.8 Å². The summed E-state index contributed by atoms with van der Waals surface area (Å²) in [5, 5.41) is 0. The first-order valence-corrected chi connectivity index (χ1v) is 12.1. The summed E-state index contributed by atoms with van der Waals surface area (Å²) >= 11 is 0. The Morgan fingerprint density at radius 1 is 1.10 bits per heavy atom. The lowest BCUT2D eigenvalue weighted by molar-refractivity contribution is -0.134. The van der Waals surface area contributed by atoms with Gasteiger partial charge in [-0.3, -0.25) is 14.5 Å². The van der Waals surface area contributed by atoms with E-state index < -0.39 is 0 Å². The van der Waals surface area contributed by atoms with Crippen LogP contribution in [0.5, 0.6) is 0 Å². The maximum Gasteiger partial charge on any atom is 0.255 e. The standard InChI is InChI=1S/C24H36N4O2/c1-15-5-7-18(8-6-15)27-11-9-21-20(14-27)23(29)26-22(25-21)17-4-3-10-28(13-17)24(30)19-12-16(19)2/h15-19H,3-14H2,1-2H3,(H,25,26,29). The van der Waals surface area contributed by atoms with Crippen molar-refractivity contribution >= 4 is 5.91 Å². The normalized spacial score (nSPS) is 34.5. The largest absolute Gasteiger partial charge is 0.342 e. The number of carbonyl (C=O) groups is 1. The van der Waals surface area contributed by atoms with Gasteiger partial charge >= 0.3 is 0 Å². The second kappa shape index (κ2) is 8.10. The molecule has 6 nitrogen and oxygen atoms in total. The fraction of sp³-hybridized carbons (Fsp3) is 0.792. The third kappa shape index (κ3) is 3.95. The first kappa shape index (κ1) is 20.2. The van der Waals surface area contributed by atoms with E-state index in [1.807, 2.05) is 4.90 Å². The predicted molar refractivity (Wildman–Crippen MR) is 116 cm³/mol. The van der Waals surface area contributed by atoms with Crippen molar-refractivity contribution in [2.24, 2.45) is 17.8 Å². The summed E-state index contributed by atoms with van der Waals surface area (Å²) < 4.78 is 0. The monoisotopic (exact) mass is 412 g/mol. The van der Waals surface area contributed by atoms with Crippen LogP contribution in [0.1, 0.15) is 81.8 Å². The molecule has 1 aromatic rings. The van der Waals surface area contributed by atoms with Crippen LogP contribution in [0.15, 0.2) is 4.79 Å². The van der Waals surface area contributed by atoms with E-state index in [0.717, 1.165) is 68.3 Å². The lowest BCUT2D eigenvalue weighted by atomic mass is 9.86. The lowest BCUT2D eigenvalue weighted by Crippen LogP contribution is -2.44. The third-order valence-corrected chi connectivity index (χ3v) is 8.16. The van der Waals surface area contributed by atoms with E-state index in [2.05, 4.69) is 23.7 Å². The van der Waals surface area contributed by atoms with Crippen LogP contribution in [0.25, 0.3) is 0 Å². The molecule has 0 aromatic carbocycles. The van der Waals surface area contributed by atoms with E-state index in [4.69, 9.17) is 4.98 Å². The molecule has 1 N–H and O–H groups in total. The molecule has 0 bridgehead atoms. The number of fused-ring (bicyclic) bond motifs is 1. The number of nitrogens with zero attached hydrogens (tertiary/aromatic N) is 3. The number of likely N-dealkylation sites (tertiary alicyclic amines) is 1. The highest BCUT2D eigenvalue weighted by atomic mass is 16.2. The fourth-order valence-corrected chi connectivity index (χ4v) is 5.88. The Bertz CT molecular complexity index is 857. The van der Waals surface area contributed by atoms with Crippen molar-refractivity contribution in [2.45, 2.75) is 83.7 Å². The first-order chi connectivity index (χ1) is 14.5. The van der Waals surface area contributed by atoms with Gasteiger partial charge in [-0.25, -0.2) is 4.98 Å². The minimum Gasteiger partial charge on any atom is -0.342 e. The van der Waals surface area contributed by atoms with Crippen molar-refractivity contribution < 1.29 is 4.79 Å². The number of rotatable bonds is 3. The SMILES string of the molecule is CC1CCC(N2CCc3nc(C4CCCN(C(=O)C5CC5C)C4)[nH]c(=O)c3C2)CC1. The number of nitrogens with one attached hydrogen (secondary N) is 1. The quantitative estimate of drug-likeness (QED) is 0.828. The van der Waals surface area contributed by atoms with E-state index in [9.17, 15) is 9.59 Å². The highest BCUT2D eigenvalue weighted by Crippen LogP contribution is 2.40. The van der Waals surface area contributed by atoms with Gasteiger partial charge in [-0.2, -0.15) is 0 Å². The molecule has 0 radical (unpaired) electrons. The van der Waals surface area contributed by atoms with Crippen LogP contribution in [-0.4, -0.2) is 51.4 Å². The van der Waals surface area contributed by atoms with Crippen LogP contribution in [0.3, 0.4) is 0 Å². The summed E-state index contributed by atoms with van der Waals surface area (Å²) in [5.41, 5.74) is 1.91. The molecule has 2 aliphatic carbocycles. The molecule has 30 heavy (non-hydrogen) atoms. The van der Waals surface area contributed by atoms with Crippen molar-refractivity contribution in [3.05, 3.63) is 27.4 Å². The van der Waals surface area contributed by atoms with Gasteiger partial charge in [0.1, 0.15) is 5.82 Å². The lowest BCUT2D eigenvalue weighted by Gasteiger charge is -2.38. The average Bonchev–Trinajstić information content (AvgIpc) is 3.50. The fourth-order valence-electron chi connectivity index (χ4n) is 5.88. The highest BCUT2D eigenvalue weighted by Gasteiger charge is 2.42. The number of amides is 1. The van der Waals surface area contributed by atoms with E-state index in [-0.39, 0.29) is 17.4 Å². The van der Waals surface area contributed by atoms with Crippen LogP contribution < -0.4 is 5.56 Å². The van der Waals surface area contributed by atoms with Crippen molar-refractivity contribution in [3.8, 4) is 0 Å². The van der Waals surface area contributed by atoms with Gasteiger partial charge in [0, 0.05) is 50.5 Å². The van der Waals surface area contributed by atoms with Gasteiger partial charge in [0.25, 0.3) is 5.56 Å². The molecular weight excluding hydrogens is 376 g/mol. The number of H-pyrrole nitrogens is 1. The van der Waals surface area contributed by atoms with Crippen molar-refractivity contribution in [2.75, 3.05) is 19.6 Å². The molecule has 2 aliphatic heterocycles. The number of hydrogen-bond donors (Lipinski definition) is 1. The second-order valence-electron chi connectivity index (χ2n) is 10.5. The van der Waals surface area contributed by atoms with Gasteiger partial charge in [0.05, 0.1) is 11.3 Å². The maximum absolute atomic E-state index is 13.0. The summed E-state index contributed by atoms with van der Waals surface area (Å²) in [6.07, 6.45) is 9.01. The Balaban J connectivity index is 1.29. The van der Waals surface area contributed by atoms with Gasteiger partial charge in [-0.15, -0.1) is 0 Å². The number of hydrogen-bond acceptors (Lipinski definition) is 4. The van der Waals surface area contributed by atoms with E-state index >= 15 is 0 Å². The van der Waals surface area contributed by atoms with Crippen molar-refractivity contribution in [3.63, 3.8) is 0 Å². The summed E-state index contributed by atoms with van der Waals surface area (Å²) in [5.74, 6) is 2.89. The number of aromatic nitrogens is 2. The van der Waals surface area contributed by atoms with Crippen LogP contribution in [-0.2, 0) is 17.8 Å². The summed E-state index contributed by atoms with van der Waals surface area (Å²) in [6, 6.07) is 0.621. The molecule has 164 valence electrons. The van der Waals surface area contributed by atoms with Gasteiger partial charge in [0.2, 0.25) is 5.91 Å². The third-order valence-electron chi connectivity index (χ3n) is 8.16. The minimum atomic E-state index is 0.0446. The molecule has 3 unspecified atom stereocenters. The summed E-state index contributed by atoms with van der Waals surface area (Å²) in [6.45, 7) is 7.81. The van der Waals surface area contributed by atoms with Gasteiger partial charge < -0.3 is 9.88 Å². The van der Waals surface area contributed by atoms with E-state index in [1.165, 1.54) is 25.7 Å². The molecule has 3 heterocycles. The van der Waals surface area contributed by atoms with Crippen LogP contribution in [0.4, 0.5) is 0 Å². The van der Waals surface area contributed by atoms with E-state index in [0.29, 0.717) is 24.4 Å². The minimum absolute atomic E-state index is 0.0446. The summed E-state index contributed by atoms with van der Waals surface area (Å²) in [7, 11) is 0. The number of carbonyl (C=O) groups excluding carboxylic acids is 1. The molecule has 3 atom stereocenters. The number of piperidine rings is 1. The van der Waals surface area contributed by atoms with Crippen molar-refractivity contribution in [1.82, 2.24) is 19.8 Å². The van der Waals surface area contributed by atoms with Crippen molar-refractivity contribution in [1.29, 1.82) is 0 Å². The molecule has 2 saturated carbocycles. The predicted octanol–water partition coefficient (Wildman–Crippen LogP) is 3.07. The molecular formula is C24H36N4O2. The zero-order valence-corrected chi connectivity index (χ0v) is 18.5. The number of aromatic amines is 1. The smallest absolute Gasteiger partial charge is 0.255 e. The Morgan fingerprint density at radius 3 is 2.60 bits per heavy atom. The van der Waals surface area contributed by atoms with Crippen LogP contribution >= 0.6 is 0 Å². The zero-order chi connectivity index (χ0) is 20.8. The Morgan fingerprint density at radius 2 is 1.87 bits per heavy atom. The van der Waals surface area contributed by atoms with Gasteiger partial charge in [-0.1, -0.05) is 13.8 Å². The molecule has 1 amide bonds. The Labute approximate surface area is 179 Å². The Hall–Kier alpha value is -1.69. The van der Waals surface area contributed by atoms with E-state index in [1.54, 1.807) is 0 Å². The molecule has 1 saturated heterocycles. The topological polar surface area (TPSA) is 69.3 Å². The molecule has 6 heteroatoms. The Kier molecular flexibility index (Phi) is 5.46. The molecule has 1 aromatic heterocycles. The maximum atomic E-state index is 13.0. The second-order valence-corrected chi connectivity index (χ2v) is 10.5. The average molecular weight is 413 g/mol. The van der Waals surface area contributed by atoms with Crippen LogP contribution in [0.2, 0.25) is 0 Å². The zero-order valence-electron chi connectivity index (χ0n) is 18.5. The van der Waals surface area contributed by atoms with Gasteiger partial charge in [-0.05, 0) is 56.8 Å². The molecule has 4 aliphatic rings. The first-order valence-electron chi connectivity index (χ1n) is 12.1. The molecule has 3 fully saturated rings. The summed E-state index contributed by atoms with van der Waals surface area (Å²) in [4.78, 5) is 38.3. The van der Waals surface area contributed by atoms with Gasteiger partial charge in [0.15, 0.2) is 0 Å². The molecule has 0 spiro atoms.